The van der Waals surface area contributed by atoms with Gasteiger partial charge in [-0.2, -0.15) is 0 Å². The Balaban J connectivity index is 1.59. The molecule has 0 spiro atoms. The van der Waals surface area contributed by atoms with Gasteiger partial charge in [0.1, 0.15) is 17.0 Å². The number of aliphatic hydroxyl groups excluding tert-OH is 1. The number of imide groups is 1. The van der Waals surface area contributed by atoms with Crippen molar-refractivity contribution in [2.24, 2.45) is 0 Å². The number of hydrogen-bond donors (Lipinski definition) is 2. The van der Waals surface area contributed by atoms with Crippen LogP contribution >= 0.6 is 11.6 Å². The number of ether oxygens (including phenoxy) is 1. The number of fused-ring (bicyclic) bond motifs is 1. The average molecular weight is 414 g/mol. The molecule has 0 radical (unpaired) electrons. The minimum atomic E-state index is -0.488. The molecule has 2 N–H and O–H groups in total. The molecule has 0 fully saturated rings. The summed E-state index contributed by atoms with van der Waals surface area (Å²) in [7, 11) is 1.54. The molecule has 4 rings (SSSR count). The number of carbonyl (C=O) groups excluding carboxylic acids is 2. The summed E-state index contributed by atoms with van der Waals surface area (Å²) in [5.74, 6) is -0.00920. The highest BCUT2D eigenvalue weighted by Crippen LogP contribution is 2.32. The van der Waals surface area contributed by atoms with Crippen molar-refractivity contribution in [2.45, 2.75) is 0 Å². The third-order valence-corrected chi connectivity index (χ3v) is 4.69. The molecule has 2 heterocycles. The molecule has 0 atom stereocenters. The first kappa shape index (κ1) is 19.0. The fourth-order valence-electron chi connectivity index (χ4n) is 2.99. The molecule has 29 heavy (non-hydrogen) atoms. The van der Waals surface area contributed by atoms with Gasteiger partial charge < -0.3 is 19.6 Å². The molecule has 3 aromatic rings. The Morgan fingerprint density at radius 3 is 2.79 bits per heavy atom. The van der Waals surface area contributed by atoms with Gasteiger partial charge in [-0.15, -0.1) is 0 Å². The lowest BCUT2D eigenvalue weighted by Gasteiger charge is -2.13. The molecule has 0 bridgehead atoms. The fourth-order valence-corrected chi connectivity index (χ4v) is 3.25. The van der Waals surface area contributed by atoms with Crippen LogP contribution in [0, 0.1) is 0 Å². The second kappa shape index (κ2) is 7.57. The Bertz CT molecular complexity index is 1150. The number of benzene rings is 2. The minimum absolute atomic E-state index is 0.0462. The number of rotatable bonds is 6. The molecule has 1 aromatic heterocycles. The molecular formula is C20H16ClN3O5. The van der Waals surface area contributed by atoms with Gasteiger partial charge in [-0.05, 0) is 36.4 Å². The Morgan fingerprint density at radius 2 is 2.07 bits per heavy atom. The third-order valence-electron chi connectivity index (χ3n) is 4.40. The monoisotopic (exact) mass is 413 g/mol. The Hall–Kier alpha value is -3.36. The number of halogens is 1. The number of nitrogens with zero attached hydrogens (tertiary/aromatic N) is 2. The lowest BCUT2D eigenvalue weighted by atomic mass is 10.2. The second-order valence-corrected chi connectivity index (χ2v) is 6.66. The van der Waals surface area contributed by atoms with Gasteiger partial charge in [-0.3, -0.25) is 14.5 Å². The molecule has 148 valence electrons. The summed E-state index contributed by atoms with van der Waals surface area (Å²) >= 11 is 6.17. The maximum Gasteiger partial charge on any atom is 0.277 e. The van der Waals surface area contributed by atoms with E-state index in [4.69, 9.17) is 25.9 Å². The van der Waals surface area contributed by atoms with Crippen LogP contribution in [0.4, 0.5) is 5.69 Å². The summed E-state index contributed by atoms with van der Waals surface area (Å²) < 4.78 is 10.9. The highest BCUT2D eigenvalue weighted by atomic mass is 35.5. The Labute approximate surface area is 170 Å². The highest BCUT2D eigenvalue weighted by Gasteiger charge is 2.30. The van der Waals surface area contributed by atoms with Crippen LogP contribution in [0.3, 0.4) is 0 Å². The number of aromatic nitrogens is 1. The second-order valence-electron chi connectivity index (χ2n) is 6.25. The molecule has 1 aliphatic heterocycles. The topological polar surface area (TPSA) is 105 Å². The van der Waals surface area contributed by atoms with Crippen molar-refractivity contribution >= 4 is 40.2 Å². The minimum Gasteiger partial charge on any atom is -0.495 e. The average Bonchev–Trinajstić information content (AvgIpc) is 3.24. The standard InChI is InChI=1S/C20H16ClN3O5/c1-28-16-4-2-11(8-13(16)21)19-23-14-9-12(3-5-17(14)29-19)22-15-10-18(26)24(6-7-25)20(15)27/h2-5,8-10,22,25H,6-7H2,1H3. The van der Waals surface area contributed by atoms with E-state index in [-0.39, 0.29) is 18.8 Å². The molecule has 8 nitrogen and oxygen atoms in total. The zero-order chi connectivity index (χ0) is 20.5. The summed E-state index contributed by atoms with van der Waals surface area (Å²) in [6.45, 7) is -0.336. The Kier molecular flexibility index (Phi) is 4.96. The first-order valence-corrected chi connectivity index (χ1v) is 9.08. The first-order chi connectivity index (χ1) is 14.0. The van der Waals surface area contributed by atoms with Crippen molar-refractivity contribution in [2.75, 3.05) is 25.6 Å². The van der Waals surface area contributed by atoms with Gasteiger partial charge in [0, 0.05) is 17.3 Å². The van der Waals surface area contributed by atoms with Gasteiger partial charge in [-0.1, -0.05) is 11.6 Å². The quantitative estimate of drug-likeness (QED) is 0.598. The van der Waals surface area contributed by atoms with Crippen molar-refractivity contribution in [3.8, 4) is 17.2 Å². The summed E-state index contributed by atoms with van der Waals surface area (Å²) in [5.41, 5.74) is 2.53. The first-order valence-electron chi connectivity index (χ1n) is 8.70. The van der Waals surface area contributed by atoms with E-state index in [0.717, 1.165) is 4.90 Å². The van der Waals surface area contributed by atoms with E-state index in [1.807, 2.05) is 0 Å². The third kappa shape index (κ3) is 3.55. The maximum absolute atomic E-state index is 12.3. The van der Waals surface area contributed by atoms with E-state index in [0.29, 0.717) is 39.0 Å². The number of methoxy groups -OCH3 is 1. The molecule has 1 aliphatic rings. The van der Waals surface area contributed by atoms with E-state index < -0.39 is 11.8 Å². The normalized spacial score (nSPS) is 13.9. The zero-order valence-electron chi connectivity index (χ0n) is 15.3. The zero-order valence-corrected chi connectivity index (χ0v) is 16.1. The van der Waals surface area contributed by atoms with E-state index in [2.05, 4.69) is 10.3 Å². The molecular weight excluding hydrogens is 398 g/mol. The van der Waals surface area contributed by atoms with Crippen molar-refractivity contribution in [1.82, 2.24) is 9.88 Å². The fraction of sp³-hybridized carbons (Fsp3) is 0.150. The van der Waals surface area contributed by atoms with Crippen LogP contribution in [-0.2, 0) is 9.59 Å². The van der Waals surface area contributed by atoms with Crippen molar-refractivity contribution in [3.63, 3.8) is 0 Å². The smallest absolute Gasteiger partial charge is 0.277 e. The van der Waals surface area contributed by atoms with Gasteiger partial charge in [0.15, 0.2) is 5.58 Å². The number of hydrogen-bond acceptors (Lipinski definition) is 7. The van der Waals surface area contributed by atoms with E-state index in [1.165, 1.54) is 13.2 Å². The number of oxazole rings is 1. The van der Waals surface area contributed by atoms with Gasteiger partial charge in [0.2, 0.25) is 5.89 Å². The van der Waals surface area contributed by atoms with Crippen LogP contribution < -0.4 is 10.1 Å². The molecule has 9 heteroatoms. The SMILES string of the molecule is COc1ccc(-c2nc3cc(NC4=CC(=O)N(CCO)C4=O)ccc3o2)cc1Cl. The maximum atomic E-state index is 12.3. The molecule has 0 unspecified atom stereocenters. The van der Waals surface area contributed by atoms with Crippen LogP contribution in [0.2, 0.25) is 5.02 Å². The number of aliphatic hydroxyl groups is 1. The summed E-state index contributed by atoms with van der Waals surface area (Å²) in [5, 5.41) is 12.3. The van der Waals surface area contributed by atoms with Crippen LogP contribution in [0.15, 0.2) is 52.6 Å². The Morgan fingerprint density at radius 1 is 1.24 bits per heavy atom. The lowest BCUT2D eigenvalue weighted by molar-refractivity contribution is -0.137. The van der Waals surface area contributed by atoms with Crippen LogP contribution in [0.5, 0.6) is 5.75 Å². The van der Waals surface area contributed by atoms with E-state index in [9.17, 15) is 9.59 Å². The molecule has 0 saturated heterocycles. The molecule has 2 amide bonds. The van der Waals surface area contributed by atoms with Gasteiger partial charge in [0.05, 0.1) is 25.3 Å². The summed E-state index contributed by atoms with van der Waals surface area (Å²) in [6, 6.07) is 10.4. The van der Waals surface area contributed by atoms with Crippen molar-refractivity contribution < 1.29 is 23.8 Å². The highest BCUT2D eigenvalue weighted by molar-refractivity contribution is 6.32. The van der Waals surface area contributed by atoms with Gasteiger partial charge >= 0.3 is 0 Å². The van der Waals surface area contributed by atoms with Gasteiger partial charge in [0.25, 0.3) is 11.8 Å². The number of β-amino-alcohol motifs (C(OH)–C–C–N with tert-alkyl or cyclic N) is 1. The summed E-state index contributed by atoms with van der Waals surface area (Å²) in [6.07, 6.45) is 1.20. The number of nitrogens with one attached hydrogen (secondary N) is 1. The summed E-state index contributed by atoms with van der Waals surface area (Å²) in [4.78, 5) is 29.6. The van der Waals surface area contributed by atoms with Crippen molar-refractivity contribution in [1.29, 1.82) is 0 Å². The molecule has 0 saturated carbocycles. The molecule has 2 aromatic carbocycles. The van der Waals surface area contributed by atoms with Crippen LogP contribution in [-0.4, -0.2) is 47.1 Å². The lowest BCUT2D eigenvalue weighted by Crippen LogP contribution is -2.34. The van der Waals surface area contributed by atoms with E-state index >= 15 is 0 Å². The van der Waals surface area contributed by atoms with Crippen LogP contribution in [0.1, 0.15) is 0 Å². The number of anilines is 1. The van der Waals surface area contributed by atoms with Crippen LogP contribution in [0.25, 0.3) is 22.6 Å². The predicted octanol–water partition coefficient (Wildman–Crippen LogP) is 2.81. The number of carbonyl (C=O) groups is 2. The van der Waals surface area contributed by atoms with Crippen molar-refractivity contribution in [3.05, 3.63) is 53.2 Å². The van der Waals surface area contributed by atoms with Gasteiger partial charge in [-0.25, -0.2) is 4.98 Å². The molecule has 0 aliphatic carbocycles. The largest absolute Gasteiger partial charge is 0.495 e. The number of amides is 2. The van der Waals surface area contributed by atoms with E-state index in [1.54, 1.807) is 36.4 Å². The predicted molar refractivity (Wildman–Crippen MR) is 107 cm³/mol.